The summed E-state index contributed by atoms with van der Waals surface area (Å²) in [6.45, 7) is 5.86. The third-order valence-electron chi connectivity index (χ3n) is 2.78. The van der Waals surface area contributed by atoms with Crippen LogP contribution in [-0.4, -0.2) is 33.2 Å². The average Bonchev–Trinajstić information content (AvgIpc) is 2.23. The van der Waals surface area contributed by atoms with Crippen molar-refractivity contribution < 1.29 is 24.9 Å². The summed E-state index contributed by atoms with van der Waals surface area (Å²) in [6, 6.07) is 3.01. The number of phenolic OH excluding ortho intramolecular Hbond substituents is 2. The fraction of sp³-hybridized carbons (Fsp3) is 0.467. The molecule has 1 unspecified atom stereocenters. The fourth-order valence-electron chi connectivity index (χ4n) is 2.12. The molecule has 1 aromatic carbocycles. The molecule has 0 aliphatic heterocycles. The molecule has 0 spiro atoms. The van der Waals surface area contributed by atoms with Gasteiger partial charge >= 0.3 is 5.97 Å². The van der Waals surface area contributed by atoms with Gasteiger partial charge < -0.3 is 20.6 Å². The summed E-state index contributed by atoms with van der Waals surface area (Å²) in [5.74, 6) is -1.99. The summed E-state index contributed by atoms with van der Waals surface area (Å²) < 4.78 is 0. The number of amides is 1. The molecule has 0 radical (unpaired) electrons. The van der Waals surface area contributed by atoms with E-state index in [0.717, 1.165) is 6.07 Å². The second-order valence-corrected chi connectivity index (χ2v) is 6.27. The molecule has 1 aromatic rings. The first kappa shape index (κ1) is 16.8. The summed E-state index contributed by atoms with van der Waals surface area (Å²) in [4.78, 5) is 23.0. The van der Waals surface area contributed by atoms with Crippen LogP contribution in [0, 0.1) is 5.41 Å². The number of aliphatic carboxylic acids is 1. The van der Waals surface area contributed by atoms with Gasteiger partial charge in [0.2, 0.25) is 0 Å². The van der Waals surface area contributed by atoms with Crippen LogP contribution >= 0.6 is 0 Å². The summed E-state index contributed by atoms with van der Waals surface area (Å²) >= 11 is 0. The molecular formula is C15H21NO5. The van der Waals surface area contributed by atoms with Crippen molar-refractivity contribution in [2.75, 3.05) is 0 Å². The highest BCUT2D eigenvalue weighted by Gasteiger charge is 2.23. The predicted molar refractivity (Wildman–Crippen MR) is 77.4 cm³/mol. The van der Waals surface area contributed by atoms with Crippen LogP contribution in [-0.2, 0) is 4.79 Å². The van der Waals surface area contributed by atoms with Gasteiger partial charge in [-0.25, -0.2) is 0 Å². The summed E-state index contributed by atoms with van der Waals surface area (Å²) in [5, 5.41) is 30.3. The number of nitrogens with one attached hydrogen (secondary N) is 1. The quantitative estimate of drug-likeness (QED) is 0.665. The third-order valence-corrected chi connectivity index (χ3v) is 2.78. The van der Waals surface area contributed by atoms with Gasteiger partial charge in [0.25, 0.3) is 5.91 Å². The molecule has 6 nitrogen and oxygen atoms in total. The van der Waals surface area contributed by atoms with Crippen LogP contribution in [0.15, 0.2) is 18.2 Å². The van der Waals surface area contributed by atoms with E-state index in [0.29, 0.717) is 6.42 Å². The number of rotatable bonds is 5. The molecule has 1 rings (SSSR count). The van der Waals surface area contributed by atoms with E-state index in [1.165, 1.54) is 12.1 Å². The Morgan fingerprint density at radius 3 is 2.10 bits per heavy atom. The van der Waals surface area contributed by atoms with Gasteiger partial charge in [0.15, 0.2) is 0 Å². The normalized spacial score (nSPS) is 12.7. The number of benzene rings is 1. The van der Waals surface area contributed by atoms with Crippen LogP contribution in [0.2, 0.25) is 0 Å². The van der Waals surface area contributed by atoms with Crippen molar-refractivity contribution >= 4 is 11.9 Å². The van der Waals surface area contributed by atoms with Crippen LogP contribution in [0.5, 0.6) is 11.5 Å². The van der Waals surface area contributed by atoms with E-state index in [1.807, 2.05) is 20.8 Å². The Balaban J connectivity index is 2.86. The topological polar surface area (TPSA) is 107 Å². The molecule has 1 amide bonds. The van der Waals surface area contributed by atoms with E-state index in [-0.39, 0.29) is 28.9 Å². The molecule has 1 atom stereocenters. The van der Waals surface area contributed by atoms with Crippen molar-refractivity contribution in [3.05, 3.63) is 23.8 Å². The third kappa shape index (κ3) is 6.16. The summed E-state index contributed by atoms with van der Waals surface area (Å²) in [7, 11) is 0. The maximum atomic E-state index is 12.1. The first-order chi connectivity index (χ1) is 9.56. The van der Waals surface area contributed by atoms with Gasteiger partial charge in [-0.2, -0.15) is 0 Å². The Kier molecular flexibility index (Phi) is 5.18. The maximum absolute atomic E-state index is 12.1. The molecule has 6 heteroatoms. The molecule has 0 aliphatic carbocycles. The predicted octanol–water partition coefficient (Wildman–Crippen LogP) is 2.11. The first-order valence-electron chi connectivity index (χ1n) is 6.62. The number of phenols is 2. The Morgan fingerprint density at radius 1 is 1.14 bits per heavy atom. The zero-order valence-electron chi connectivity index (χ0n) is 12.4. The molecule has 0 heterocycles. The van der Waals surface area contributed by atoms with E-state index in [9.17, 15) is 19.8 Å². The molecule has 0 saturated carbocycles. The highest BCUT2D eigenvalue weighted by atomic mass is 16.4. The average molecular weight is 295 g/mol. The number of carbonyl (C=O) groups is 2. The van der Waals surface area contributed by atoms with Gasteiger partial charge in [0.05, 0.1) is 6.42 Å². The molecular weight excluding hydrogens is 274 g/mol. The molecule has 116 valence electrons. The lowest BCUT2D eigenvalue weighted by atomic mass is 9.87. The SMILES string of the molecule is CC(C)(C)CC(CC(=O)O)NC(=O)c1cc(O)cc(O)c1. The molecule has 0 aromatic heterocycles. The van der Waals surface area contributed by atoms with E-state index in [4.69, 9.17) is 5.11 Å². The number of hydrogen-bond acceptors (Lipinski definition) is 4. The van der Waals surface area contributed by atoms with E-state index in [1.54, 1.807) is 0 Å². The number of hydrogen-bond donors (Lipinski definition) is 4. The smallest absolute Gasteiger partial charge is 0.305 e. The van der Waals surface area contributed by atoms with Crippen LogP contribution in [0.3, 0.4) is 0 Å². The van der Waals surface area contributed by atoms with Crippen LogP contribution < -0.4 is 5.32 Å². The van der Waals surface area contributed by atoms with Crippen LogP contribution in [0.1, 0.15) is 44.0 Å². The molecule has 4 N–H and O–H groups in total. The Labute approximate surface area is 123 Å². The lowest BCUT2D eigenvalue weighted by molar-refractivity contribution is -0.137. The highest BCUT2D eigenvalue weighted by Crippen LogP contribution is 2.24. The Bertz CT molecular complexity index is 513. The fourth-order valence-corrected chi connectivity index (χ4v) is 2.12. The molecule has 0 fully saturated rings. The molecule has 0 saturated heterocycles. The molecule has 21 heavy (non-hydrogen) atoms. The van der Waals surface area contributed by atoms with Crippen LogP contribution in [0.25, 0.3) is 0 Å². The van der Waals surface area contributed by atoms with E-state index in [2.05, 4.69) is 5.32 Å². The number of carboxylic acids is 1. The second kappa shape index (κ2) is 6.47. The van der Waals surface area contributed by atoms with Gasteiger partial charge in [0, 0.05) is 17.7 Å². The monoisotopic (exact) mass is 295 g/mol. The highest BCUT2D eigenvalue weighted by molar-refractivity contribution is 5.95. The van der Waals surface area contributed by atoms with Crippen molar-refractivity contribution in [3.8, 4) is 11.5 Å². The first-order valence-corrected chi connectivity index (χ1v) is 6.62. The van der Waals surface area contributed by atoms with Crippen molar-refractivity contribution in [2.45, 2.75) is 39.7 Å². The number of carboxylic acid groups (broad SMARTS) is 1. The molecule has 0 aliphatic rings. The van der Waals surface area contributed by atoms with Gasteiger partial charge in [-0.1, -0.05) is 20.8 Å². The number of carbonyl (C=O) groups excluding carboxylic acids is 1. The Morgan fingerprint density at radius 2 is 1.67 bits per heavy atom. The van der Waals surface area contributed by atoms with Gasteiger partial charge in [-0.3, -0.25) is 9.59 Å². The van der Waals surface area contributed by atoms with Gasteiger partial charge in [0.1, 0.15) is 11.5 Å². The van der Waals surface area contributed by atoms with E-state index < -0.39 is 17.9 Å². The minimum atomic E-state index is -0.997. The zero-order chi connectivity index (χ0) is 16.2. The van der Waals surface area contributed by atoms with Crippen LogP contribution in [0.4, 0.5) is 0 Å². The van der Waals surface area contributed by atoms with Gasteiger partial charge in [-0.05, 0) is 24.0 Å². The largest absolute Gasteiger partial charge is 0.508 e. The molecule has 0 bridgehead atoms. The summed E-state index contributed by atoms with van der Waals surface area (Å²) in [5.41, 5.74) is -0.0641. The lowest BCUT2D eigenvalue weighted by Crippen LogP contribution is -2.39. The lowest BCUT2D eigenvalue weighted by Gasteiger charge is -2.25. The minimum Gasteiger partial charge on any atom is -0.508 e. The van der Waals surface area contributed by atoms with Crippen molar-refractivity contribution in [1.82, 2.24) is 5.32 Å². The van der Waals surface area contributed by atoms with Gasteiger partial charge in [-0.15, -0.1) is 0 Å². The van der Waals surface area contributed by atoms with E-state index >= 15 is 0 Å². The standard InChI is InChI=1S/C15H21NO5/c1-15(2,3)8-10(6-13(19)20)16-14(21)9-4-11(17)7-12(18)5-9/h4-5,7,10,17-18H,6,8H2,1-3H3,(H,16,21)(H,19,20). The van der Waals surface area contributed by atoms with Crippen molar-refractivity contribution in [2.24, 2.45) is 5.41 Å². The number of aromatic hydroxyl groups is 2. The maximum Gasteiger partial charge on any atom is 0.305 e. The zero-order valence-corrected chi connectivity index (χ0v) is 12.4. The summed E-state index contributed by atoms with van der Waals surface area (Å²) in [6.07, 6.45) is 0.309. The van der Waals surface area contributed by atoms with Crippen molar-refractivity contribution in [1.29, 1.82) is 0 Å². The Hall–Kier alpha value is -2.24. The van der Waals surface area contributed by atoms with Crippen molar-refractivity contribution in [3.63, 3.8) is 0 Å². The second-order valence-electron chi connectivity index (χ2n) is 6.27. The minimum absolute atomic E-state index is 0.0804.